The summed E-state index contributed by atoms with van der Waals surface area (Å²) < 4.78 is 4.84. The Bertz CT molecular complexity index is 917. The number of carbonyl (C=O) groups is 3. The number of aliphatic hydroxyl groups is 3. The first-order valence-electron chi connectivity index (χ1n) is 13.9. The molecule has 0 radical (unpaired) electrons. The largest absolute Gasteiger partial charge is 0.469 e. The molecule has 4 fully saturated rings. The van der Waals surface area contributed by atoms with Crippen molar-refractivity contribution in [1.29, 1.82) is 0 Å². The highest BCUT2D eigenvalue weighted by molar-refractivity contribution is 5.88. The van der Waals surface area contributed by atoms with Crippen LogP contribution < -0.4 is 0 Å². The first-order chi connectivity index (χ1) is 16.7. The summed E-state index contributed by atoms with van der Waals surface area (Å²) in [7, 11) is 1.37. The van der Waals surface area contributed by atoms with Gasteiger partial charge in [-0.15, -0.1) is 0 Å². The van der Waals surface area contributed by atoms with Crippen LogP contribution in [0, 0.1) is 46.3 Å². The SMILES string of the molecule is COC(=O)CCC(C)C1CCC2C3C(CC(O)(C(C)=O)C12C)C1(C)CCC(O)CC1CC3(O)C(C)=O. The minimum Gasteiger partial charge on any atom is -0.469 e. The number of Topliss-reactive ketones (excluding diaryl/α,β-unsaturated/α-hetero) is 2. The number of rotatable bonds is 6. The highest BCUT2D eigenvalue weighted by atomic mass is 16.5. The number of ketones is 2. The predicted molar refractivity (Wildman–Crippen MR) is 134 cm³/mol. The van der Waals surface area contributed by atoms with Crippen molar-refractivity contribution in [3.63, 3.8) is 0 Å². The molecular weight excluding hydrogens is 460 g/mol. The van der Waals surface area contributed by atoms with Crippen LogP contribution in [0.25, 0.3) is 0 Å². The molecule has 0 heterocycles. The van der Waals surface area contributed by atoms with Gasteiger partial charge < -0.3 is 20.1 Å². The van der Waals surface area contributed by atoms with E-state index in [1.807, 2.05) is 6.92 Å². The zero-order valence-electron chi connectivity index (χ0n) is 22.9. The maximum absolute atomic E-state index is 13.3. The van der Waals surface area contributed by atoms with E-state index in [0.29, 0.717) is 25.7 Å². The second-order valence-electron chi connectivity index (χ2n) is 13.2. The lowest BCUT2D eigenvalue weighted by Crippen LogP contribution is -2.72. The van der Waals surface area contributed by atoms with Gasteiger partial charge in [-0.1, -0.05) is 20.8 Å². The zero-order valence-corrected chi connectivity index (χ0v) is 22.9. The summed E-state index contributed by atoms with van der Waals surface area (Å²) in [6.07, 6.45) is 4.39. The maximum Gasteiger partial charge on any atom is 0.305 e. The van der Waals surface area contributed by atoms with Gasteiger partial charge in [-0.3, -0.25) is 14.4 Å². The lowest BCUT2D eigenvalue weighted by atomic mass is 9.37. The fourth-order valence-corrected chi connectivity index (χ4v) is 9.79. The Hall–Kier alpha value is -1.31. The van der Waals surface area contributed by atoms with Crippen LogP contribution in [0.15, 0.2) is 0 Å². The van der Waals surface area contributed by atoms with Crippen molar-refractivity contribution < 1.29 is 34.4 Å². The number of hydrogen-bond donors (Lipinski definition) is 3. The molecule has 4 aliphatic rings. The normalized spacial score (nSPS) is 48.8. The fourth-order valence-electron chi connectivity index (χ4n) is 9.79. The van der Waals surface area contributed by atoms with Crippen molar-refractivity contribution in [3.8, 4) is 0 Å². The Morgan fingerprint density at radius 1 is 1.00 bits per heavy atom. The van der Waals surface area contributed by atoms with Crippen LogP contribution in [0.2, 0.25) is 0 Å². The monoisotopic (exact) mass is 506 g/mol. The molecule has 0 amide bonds. The summed E-state index contributed by atoms with van der Waals surface area (Å²) in [6.45, 7) is 9.21. The third kappa shape index (κ3) is 3.74. The molecule has 0 aliphatic heterocycles. The number of carbonyl (C=O) groups excluding carboxylic acids is 3. The van der Waals surface area contributed by atoms with E-state index < -0.39 is 22.7 Å². The van der Waals surface area contributed by atoms with E-state index in [4.69, 9.17) is 4.74 Å². The molecule has 36 heavy (non-hydrogen) atoms. The Morgan fingerprint density at radius 2 is 1.67 bits per heavy atom. The van der Waals surface area contributed by atoms with Crippen LogP contribution in [0.5, 0.6) is 0 Å². The van der Waals surface area contributed by atoms with E-state index in [9.17, 15) is 29.7 Å². The molecule has 0 saturated heterocycles. The van der Waals surface area contributed by atoms with E-state index in [0.717, 1.165) is 19.3 Å². The molecule has 0 bridgehead atoms. The first-order valence-corrected chi connectivity index (χ1v) is 13.9. The molecule has 7 heteroatoms. The lowest BCUT2D eigenvalue weighted by molar-refractivity contribution is -0.259. The molecule has 4 aliphatic carbocycles. The van der Waals surface area contributed by atoms with Crippen molar-refractivity contribution in [1.82, 2.24) is 0 Å². The number of aliphatic hydroxyl groups excluding tert-OH is 1. The first kappa shape index (κ1) is 27.7. The molecule has 11 unspecified atom stereocenters. The molecule has 7 nitrogen and oxygen atoms in total. The zero-order chi connectivity index (χ0) is 26.8. The Labute approximate surface area is 215 Å². The van der Waals surface area contributed by atoms with Crippen molar-refractivity contribution in [2.24, 2.45) is 46.3 Å². The van der Waals surface area contributed by atoms with Crippen molar-refractivity contribution in [2.75, 3.05) is 7.11 Å². The standard InChI is InChI=1S/C29H46O7/c1-16(7-10-24(33)36-6)21-8-9-22-25-23(15-29(35,18(3)31)27(21,22)5)26(4)12-11-20(32)13-19(26)14-28(25,34)17(2)30/h16,19-23,25,32,34-35H,7-15H2,1-6H3. The summed E-state index contributed by atoms with van der Waals surface area (Å²) >= 11 is 0. The molecule has 0 spiro atoms. The highest BCUT2D eigenvalue weighted by Crippen LogP contribution is 2.72. The molecule has 0 aromatic carbocycles. The van der Waals surface area contributed by atoms with Crippen LogP contribution in [0.4, 0.5) is 0 Å². The van der Waals surface area contributed by atoms with E-state index in [2.05, 4.69) is 13.8 Å². The Balaban J connectivity index is 1.81. The Kier molecular flexibility index (Phi) is 7.05. The van der Waals surface area contributed by atoms with Crippen LogP contribution >= 0.6 is 0 Å². The van der Waals surface area contributed by atoms with Crippen LogP contribution in [0.3, 0.4) is 0 Å². The number of methoxy groups -OCH3 is 1. The third-order valence-corrected chi connectivity index (χ3v) is 12.0. The lowest BCUT2D eigenvalue weighted by Gasteiger charge is -2.68. The summed E-state index contributed by atoms with van der Waals surface area (Å²) in [5, 5.41) is 34.9. The third-order valence-electron chi connectivity index (χ3n) is 12.0. The molecule has 4 saturated carbocycles. The van der Waals surface area contributed by atoms with Gasteiger partial charge in [-0.25, -0.2) is 0 Å². The number of hydrogen-bond acceptors (Lipinski definition) is 7. The van der Waals surface area contributed by atoms with E-state index >= 15 is 0 Å². The van der Waals surface area contributed by atoms with Gasteiger partial charge in [0.25, 0.3) is 0 Å². The van der Waals surface area contributed by atoms with Gasteiger partial charge in [0.1, 0.15) is 11.2 Å². The van der Waals surface area contributed by atoms with Gasteiger partial charge >= 0.3 is 5.97 Å². The average Bonchev–Trinajstić information content (AvgIpc) is 3.17. The van der Waals surface area contributed by atoms with Gasteiger partial charge in [-0.05, 0) is 100 Å². The second kappa shape index (κ2) is 9.16. The van der Waals surface area contributed by atoms with Gasteiger partial charge in [0, 0.05) is 17.8 Å². The van der Waals surface area contributed by atoms with Gasteiger partial charge in [0.05, 0.1) is 13.2 Å². The van der Waals surface area contributed by atoms with Crippen molar-refractivity contribution in [2.45, 2.75) is 110 Å². The van der Waals surface area contributed by atoms with Gasteiger partial charge in [0.2, 0.25) is 0 Å². The quantitative estimate of drug-likeness (QED) is 0.472. The molecular formula is C29H46O7. The average molecular weight is 507 g/mol. The molecule has 204 valence electrons. The predicted octanol–water partition coefficient (Wildman–Crippen LogP) is 3.46. The minimum absolute atomic E-state index is 0.0306. The summed E-state index contributed by atoms with van der Waals surface area (Å²) in [5.74, 6) is -1.56. The van der Waals surface area contributed by atoms with Crippen molar-refractivity contribution >= 4 is 17.5 Å². The van der Waals surface area contributed by atoms with E-state index in [1.165, 1.54) is 21.0 Å². The van der Waals surface area contributed by atoms with E-state index in [-0.39, 0.29) is 71.3 Å². The van der Waals surface area contributed by atoms with E-state index in [1.54, 1.807) is 0 Å². The van der Waals surface area contributed by atoms with Crippen LogP contribution in [0.1, 0.15) is 92.4 Å². The molecule has 4 rings (SSSR count). The second-order valence-corrected chi connectivity index (χ2v) is 13.2. The summed E-state index contributed by atoms with van der Waals surface area (Å²) in [4.78, 5) is 38.4. The summed E-state index contributed by atoms with van der Waals surface area (Å²) in [6, 6.07) is 0. The number of esters is 1. The maximum atomic E-state index is 13.3. The van der Waals surface area contributed by atoms with Gasteiger partial charge in [-0.2, -0.15) is 0 Å². The summed E-state index contributed by atoms with van der Waals surface area (Å²) in [5.41, 5.74) is -4.22. The number of ether oxygens (including phenoxy) is 1. The highest BCUT2D eigenvalue weighted by Gasteiger charge is 2.74. The molecule has 3 N–H and O–H groups in total. The van der Waals surface area contributed by atoms with Crippen LogP contribution in [-0.4, -0.2) is 57.3 Å². The molecule has 0 aromatic rings. The smallest absolute Gasteiger partial charge is 0.305 e. The Morgan fingerprint density at radius 3 is 2.25 bits per heavy atom. The number of fused-ring (bicyclic) bond motifs is 5. The van der Waals surface area contributed by atoms with Gasteiger partial charge in [0.15, 0.2) is 11.6 Å². The minimum atomic E-state index is -1.59. The van der Waals surface area contributed by atoms with Crippen molar-refractivity contribution in [3.05, 3.63) is 0 Å². The van der Waals surface area contributed by atoms with Crippen LogP contribution in [-0.2, 0) is 19.1 Å². The molecule has 11 atom stereocenters. The fraction of sp³-hybridized carbons (Fsp3) is 0.897. The topological polar surface area (TPSA) is 121 Å². The molecule has 0 aromatic heterocycles.